The molecule has 0 aliphatic heterocycles. The van der Waals surface area contributed by atoms with Gasteiger partial charge in [-0.1, -0.05) is 26.0 Å². The van der Waals surface area contributed by atoms with E-state index in [4.69, 9.17) is 26.8 Å². The molecule has 0 unspecified atom stereocenters. The zero-order valence-corrected chi connectivity index (χ0v) is 12.8. The molecule has 0 spiro atoms. The van der Waals surface area contributed by atoms with Crippen LogP contribution in [0, 0.1) is 5.92 Å². The summed E-state index contributed by atoms with van der Waals surface area (Å²) in [4.78, 5) is 20.5. The summed E-state index contributed by atoms with van der Waals surface area (Å²) in [7, 11) is 0. The minimum Gasteiger partial charge on any atom is -0.508 e. The second-order valence-corrected chi connectivity index (χ2v) is 5.39. The minimum atomic E-state index is -1.02. The highest BCUT2D eigenvalue weighted by Crippen LogP contribution is 2.10. The summed E-state index contributed by atoms with van der Waals surface area (Å²) >= 11 is 0. The van der Waals surface area contributed by atoms with Gasteiger partial charge >= 0.3 is 11.9 Å². The molecule has 0 amide bonds. The van der Waals surface area contributed by atoms with Crippen molar-refractivity contribution in [1.29, 1.82) is 0 Å². The molecule has 0 heterocycles. The number of aliphatic carboxylic acids is 2. The molecular weight excluding hydrogens is 288 g/mol. The van der Waals surface area contributed by atoms with Crippen molar-refractivity contribution in [2.75, 3.05) is 0 Å². The molecule has 0 aromatic heterocycles. The molecule has 7 N–H and O–H groups in total. The minimum absolute atomic E-state index is 0.160. The van der Waals surface area contributed by atoms with Crippen LogP contribution in [0.2, 0.25) is 0 Å². The zero-order chi connectivity index (χ0) is 17.3. The van der Waals surface area contributed by atoms with E-state index < -0.39 is 24.0 Å². The Balaban J connectivity index is 0.000000433. The lowest BCUT2D eigenvalue weighted by Gasteiger charge is -2.07. The van der Waals surface area contributed by atoms with Crippen LogP contribution in [-0.4, -0.2) is 39.3 Å². The summed E-state index contributed by atoms with van der Waals surface area (Å²) in [6.45, 7) is 3.89. The van der Waals surface area contributed by atoms with Crippen molar-refractivity contribution in [3.05, 3.63) is 29.8 Å². The van der Waals surface area contributed by atoms with Crippen molar-refractivity contribution in [3.63, 3.8) is 0 Å². The smallest absolute Gasteiger partial charge is 0.320 e. The molecule has 0 aliphatic rings. The van der Waals surface area contributed by atoms with E-state index in [0.717, 1.165) is 5.56 Å². The predicted molar refractivity (Wildman–Crippen MR) is 82.5 cm³/mol. The van der Waals surface area contributed by atoms with Gasteiger partial charge in [-0.3, -0.25) is 9.59 Å². The van der Waals surface area contributed by atoms with Gasteiger partial charge in [-0.25, -0.2) is 0 Å². The van der Waals surface area contributed by atoms with Crippen LogP contribution < -0.4 is 11.5 Å². The van der Waals surface area contributed by atoms with E-state index in [1.807, 2.05) is 13.8 Å². The van der Waals surface area contributed by atoms with Crippen LogP contribution in [0.3, 0.4) is 0 Å². The highest BCUT2D eigenvalue weighted by Gasteiger charge is 2.12. The third kappa shape index (κ3) is 8.93. The van der Waals surface area contributed by atoms with Crippen LogP contribution in [0.15, 0.2) is 24.3 Å². The molecule has 22 heavy (non-hydrogen) atoms. The van der Waals surface area contributed by atoms with Crippen molar-refractivity contribution in [3.8, 4) is 5.75 Å². The molecule has 0 bridgehead atoms. The standard InChI is InChI=1S/C9H11NO3.C6H13NO2/c10-8(9(12)13)5-6-1-3-7(11)4-2-6;1-4(2)3-5(7)6(8)9/h1-4,8,11H,5,10H2,(H,12,13);4-5H,3,7H2,1-2H3,(H,8,9)/t8-;5-/m00/s1. The number of carboxylic acids is 2. The van der Waals surface area contributed by atoms with Gasteiger partial charge in [-0.05, 0) is 36.5 Å². The first kappa shape index (κ1) is 19.9. The Kier molecular flexibility index (Phi) is 8.81. The number of phenolic OH excluding ortho intramolecular Hbond substituents is 1. The summed E-state index contributed by atoms with van der Waals surface area (Å²) in [6.07, 6.45) is 0.824. The van der Waals surface area contributed by atoms with Crippen molar-refractivity contribution in [2.24, 2.45) is 17.4 Å². The molecule has 1 aromatic carbocycles. The fourth-order valence-electron chi connectivity index (χ4n) is 1.58. The highest BCUT2D eigenvalue weighted by atomic mass is 16.4. The quantitative estimate of drug-likeness (QED) is 0.521. The number of hydrogen-bond donors (Lipinski definition) is 5. The Morgan fingerprint density at radius 1 is 1.00 bits per heavy atom. The summed E-state index contributed by atoms with van der Waals surface area (Å²) in [5.41, 5.74) is 11.3. The lowest BCUT2D eigenvalue weighted by atomic mass is 10.1. The summed E-state index contributed by atoms with van der Waals surface area (Å²) in [6, 6.07) is 4.74. The molecule has 1 aromatic rings. The molecule has 1 rings (SSSR count). The van der Waals surface area contributed by atoms with E-state index in [-0.39, 0.29) is 12.2 Å². The Bertz CT molecular complexity index is 473. The first-order chi connectivity index (χ1) is 10.1. The summed E-state index contributed by atoms with van der Waals surface area (Å²) < 4.78 is 0. The highest BCUT2D eigenvalue weighted by molar-refractivity contribution is 5.73. The zero-order valence-electron chi connectivity index (χ0n) is 12.8. The Hall–Kier alpha value is -2.12. The molecule has 0 fully saturated rings. The summed E-state index contributed by atoms with van der Waals surface area (Å²) in [5, 5.41) is 25.8. The first-order valence-electron chi connectivity index (χ1n) is 6.88. The number of phenols is 1. The third-order valence-electron chi connectivity index (χ3n) is 2.75. The maximum absolute atomic E-state index is 10.4. The Morgan fingerprint density at radius 2 is 1.45 bits per heavy atom. The number of rotatable bonds is 6. The van der Waals surface area contributed by atoms with Gasteiger partial charge in [-0.15, -0.1) is 0 Å². The van der Waals surface area contributed by atoms with E-state index in [1.54, 1.807) is 12.1 Å². The van der Waals surface area contributed by atoms with Crippen LogP contribution in [-0.2, 0) is 16.0 Å². The van der Waals surface area contributed by atoms with Gasteiger partial charge in [0.05, 0.1) is 0 Å². The van der Waals surface area contributed by atoms with Crippen molar-refractivity contribution >= 4 is 11.9 Å². The molecule has 7 heteroatoms. The average Bonchev–Trinajstić information content (AvgIpc) is 2.41. The molecule has 0 radical (unpaired) electrons. The number of carbonyl (C=O) groups is 2. The maximum Gasteiger partial charge on any atom is 0.320 e. The van der Waals surface area contributed by atoms with Gasteiger partial charge < -0.3 is 26.8 Å². The Labute approximate surface area is 129 Å². The van der Waals surface area contributed by atoms with E-state index in [0.29, 0.717) is 12.3 Å². The van der Waals surface area contributed by atoms with Gasteiger partial charge in [0.2, 0.25) is 0 Å². The van der Waals surface area contributed by atoms with Gasteiger partial charge in [0.1, 0.15) is 17.8 Å². The second kappa shape index (κ2) is 9.75. The van der Waals surface area contributed by atoms with Crippen molar-refractivity contribution in [2.45, 2.75) is 38.8 Å². The molecule has 2 atom stereocenters. The molecular formula is C15H24N2O5. The monoisotopic (exact) mass is 312 g/mol. The van der Waals surface area contributed by atoms with Crippen LogP contribution in [0.1, 0.15) is 25.8 Å². The molecule has 7 nitrogen and oxygen atoms in total. The van der Waals surface area contributed by atoms with Crippen LogP contribution in [0.4, 0.5) is 0 Å². The predicted octanol–water partition coefficient (Wildman–Crippen LogP) is 0.791. The average molecular weight is 312 g/mol. The van der Waals surface area contributed by atoms with E-state index >= 15 is 0 Å². The van der Waals surface area contributed by atoms with Crippen molar-refractivity contribution < 1.29 is 24.9 Å². The second-order valence-electron chi connectivity index (χ2n) is 5.39. The van der Waals surface area contributed by atoms with Gasteiger partial charge in [-0.2, -0.15) is 0 Å². The lowest BCUT2D eigenvalue weighted by molar-refractivity contribution is -0.139. The van der Waals surface area contributed by atoms with E-state index in [9.17, 15) is 9.59 Å². The SMILES string of the molecule is CC(C)C[C@H](N)C(=O)O.N[C@@H](Cc1ccc(O)cc1)C(=O)O. The molecule has 0 saturated carbocycles. The number of benzene rings is 1. The van der Waals surface area contributed by atoms with Crippen LogP contribution in [0.25, 0.3) is 0 Å². The van der Waals surface area contributed by atoms with E-state index in [1.165, 1.54) is 12.1 Å². The summed E-state index contributed by atoms with van der Waals surface area (Å²) in [5.74, 6) is -1.42. The number of nitrogens with two attached hydrogens (primary N) is 2. The fourth-order valence-corrected chi connectivity index (χ4v) is 1.58. The number of hydrogen-bond acceptors (Lipinski definition) is 5. The third-order valence-corrected chi connectivity index (χ3v) is 2.75. The largest absolute Gasteiger partial charge is 0.508 e. The van der Waals surface area contributed by atoms with Gasteiger partial charge in [0.15, 0.2) is 0 Å². The van der Waals surface area contributed by atoms with Crippen LogP contribution >= 0.6 is 0 Å². The van der Waals surface area contributed by atoms with Crippen LogP contribution in [0.5, 0.6) is 5.75 Å². The van der Waals surface area contributed by atoms with E-state index in [2.05, 4.69) is 0 Å². The van der Waals surface area contributed by atoms with Gasteiger partial charge in [0, 0.05) is 0 Å². The number of aromatic hydroxyl groups is 1. The van der Waals surface area contributed by atoms with Crippen molar-refractivity contribution in [1.82, 2.24) is 0 Å². The lowest BCUT2D eigenvalue weighted by Crippen LogP contribution is -2.32. The molecule has 0 aliphatic carbocycles. The molecule has 124 valence electrons. The maximum atomic E-state index is 10.4. The fraction of sp³-hybridized carbons (Fsp3) is 0.467. The first-order valence-corrected chi connectivity index (χ1v) is 6.88. The normalized spacial score (nSPS) is 13.0. The topological polar surface area (TPSA) is 147 Å². The van der Waals surface area contributed by atoms with Gasteiger partial charge in [0.25, 0.3) is 0 Å². The number of carboxylic acid groups (broad SMARTS) is 2. The molecule has 0 saturated heterocycles. The Morgan fingerprint density at radius 3 is 1.77 bits per heavy atom.